The number of nitrogens with zero attached hydrogens (tertiary/aromatic N) is 1. The van der Waals surface area contributed by atoms with Gasteiger partial charge in [-0.25, -0.2) is 4.39 Å². The second-order valence-electron chi connectivity index (χ2n) is 5.40. The maximum atomic E-state index is 13.6. The van der Waals surface area contributed by atoms with Crippen molar-refractivity contribution in [1.29, 1.82) is 0 Å². The third kappa shape index (κ3) is 3.37. The molecule has 7 heteroatoms. The van der Waals surface area contributed by atoms with Crippen molar-refractivity contribution >= 4 is 46.4 Å². The van der Waals surface area contributed by atoms with Crippen molar-refractivity contribution in [3.8, 4) is 0 Å². The van der Waals surface area contributed by atoms with Gasteiger partial charge in [0.05, 0.1) is 15.6 Å². The molecule has 1 aliphatic heterocycles. The molecule has 1 heterocycles. The number of halogens is 3. The molecule has 0 aliphatic carbocycles. The predicted molar refractivity (Wildman–Crippen MR) is 92.4 cm³/mol. The zero-order valence-electron chi connectivity index (χ0n) is 12.5. The third-order valence-corrected chi connectivity index (χ3v) is 4.35. The zero-order valence-corrected chi connectivity index (χ0v) is 14.0. The minimum Gasteiger partial charge on any atom is -0.322 e. The molecule has 1 N–H and O–H groups in total. The number of hydrogen-bond donors (Lipinski definition) is 1. The highest BCUT2D eigenvalue weighted by Gasteiger charge is 2.22. The highest BCUT2D eigenvalue weighted by atomic mass is 35.5. The first-order valence-electron chi connectivity index (χ1n) is 7.32. The lowest BCUT2D eigenvalue weighted by molar-refractivity contribution is -0.117. The fourth-order valence-electron chi connectivity index (χ4n) is 2.57. The maximum Gasteiger partial charge on any atom is 0.257 e. The highest BCUT2D eigenvalue weighted by molar-refractivity contribution is 6.37. The van der Waals surface area contributed by atoms with Crippen LogP contribution < -0.4 is 10.2 Å². The summed E-state index contributed by atoms with van der Waals surface area (Å²) in [6.07, 6.45) is 1.34. The van der Waals surface area contributed by atoms with Crippen molar-refractivity contribution < 1.29 is 14.0 Å². The third-order valence-electron chi connectivity index (χ3n) is 3.74. The largest absolute Gasteiger partial charge is 0.322 e. The van der Waals surface area contributed by atoms with Crippen molar-refractivity contribution in [2.45, 2.75) is 12.8 Å². The number of carbonyl (C=O) groups excluding carboxylic acids is 2. The second-order valence-corrected chi connectivity index (χ2v) is 6.21. The van der Waals surface area contributed by atoms with Crippen LogP contribution in [0.15, 0.2) is 36.4 Å². The lowest BCUT2D eigenvalue weighted by Gasteiger charge is -2.17. The van der Waals surface area contributed by atoms with Gasteiger partial charge in [-0.1, -0.05) is 29.3 Å². The lowest BCUT2D eigenvalue weighted by atomic mass is 10.2. The van der Waals surface area contributed by atoms with E-state index in [4.69, 9.17) is 23.2 Å². The number of anilines is 2. The molecule has 1 saturated heterocycles. The normalized spacial score (nSPS) is 14.1. The molecule has 0 unspecified atom stereocenters. The molecule has 3 rings (SSSR count). The van der Waals surface area contributed by atoms with Crippen LogP contribution in [0.5, 0.6) is 0 Å². The Hall–Kier alpha value is -2.11. The summed E-state index contributed by atoms with van der Waals surface area (Å²) in [5.74, 6) is -1.22. The summed E-state index contributed by atoms with van der Waals surface area (Å²) in [6, 6.07) is 9.10. The summed E-state index contributed by atoms with van der Waals surface area (Å²) in [6.45, 7) is 0.657. The summed E-state index contributed by atoms with van der Waals surface area (Å²) in [4.78, 5) is 25.8. The SMILES string of the molecule is O=C(Nc1cccc(N2CCCC2=O)c1)c1cc(F)c(Cl)cc1Cl. The van der Waals surface area contributed by atoms with E-state index < -0.39 is 11.7 Å². The van der Waals surface area contributed by atoms with Gasteiger partial charge in [-0.3, -0.25) is 9.59 Å². The Kier molecular flexibility index (Phi) is 4.73. The van der Waals surface area contributed by atoms with E-state index in [1.807, 2.05) is 0 Å². The fourth-order valence-corrected chi connectivity index (χ4v) is 3.04. The molecule has 0 spiro atoms. The van der Waals surface area contributed by atoms with Gasteiger partial charge in [0.15, 0.2) is 0 Å². The fraction of sp³-hybridized carbons (Fsp3) is 0.176. The molecule has 2 aromatic carbocycles. The lowest BCUT2D eigenvalue weighted by Crippen LogP contribution is -2.23. The van der Waals surface area contributed by atoms with E-state index in [1.165, 1.54) is 6.07 Å². The van der Waals surface area contributed by atoms with E-state index >= 15 is 0 Å². The first kappa shape index (κ1) is 16.7. The van der Waals surface area contributed by atoms with E-state index in [2.05, 4.69) is 5.32 Å². The number of hydrogen-bond acceptors (Lipinski definition) is 2. The molecule has 0 radical (unpaired) electrons. The van der Waals surface area contributed by atoms with Gasteiger partial charge in [0.2, 0.25) is 5.91 Å². The van der Waals surface area contributed by atoms with Crippen molar-refractivity contribution in [1.82, 2.24) is 0 Å². The number of carbonyl (C=O) groups is 2. The van der Waals surface area contributed by atoms with Crippen molar-refractivity contribution in [2.75, 3.05) is 16.8 Å². The Morgan fingerprint density at radius 3 is 2.67 bits per heavy atom. The van der Waals surface area contributed by atoms with E-state index in [-0.39, 0.29) is 21.5 Å². The molecular formula is C17H13Cl2FN2O2. The summed E-state index contributed by atoms with van der Waals surface area (Å²) in [5, 5.41) is 2.57. The monoisotopic (exact) mass is 366 g/mol. The maximum absolute atomic E-state index is 13.6. The average Bonchev–Trinajstić information content (AvgIpc) is 2.97. The second kappa shape index (κ2) is 6.79. The smallest absolute Gasteiger partial charge is 0.257 e. The summed E-state index contributed by atoms with van der Waals surface area (Å²) in [5.41, 5.74) is 1.19. The standard InChI is InChI=1S/C17H13Cl2FN2O2/c18-13-9-14(19)15(20)8-12(13)17(24)21-10-3-1-4-11(7-10)22-6-2-5-16(22)23/h1,3-4,7-9H,2,5-6H2,(H,21,24). The van der Waals surface area contributed by atoms with E-state index in [0.717, 1.165) is 12.5 Å². The van der Waals surface area contributed by atoms with Gasteiger partial charge in [0.1, 0.15) is 5.82 Å². The summed E-state index contributed by atoms with van der Waals surface area (Å²) < 4.78 is 13.6. The molecule has 0 aromatic heterocycles. The van der Waals surface area contributed by atoms with Crippen LogP contribution in [0.2, 0.25) is 10.0 Å². The Morgan fingerprint density at radius 2 is 1.96 bits per heavy atom. The van der Waals surface area contributed by atoms with Gasteiger partial charge in [-0.2, -0.15) is 0 Å². The van der Waals surface area contributed by atoms with Crippen LogP contribution in [0.4, 0.5) is 15.8 Å². The molecule has 0 saturated carbocycles. The Morgan fingerprint density at radius 1 is 1.17 bits per heavy atom. The molecular weight excluding hydrogens is 354 g/mol. The first-order valence-corrected chi connectivity index (χ1v) is 8.07. The molecule has 1 aliphatic rings. The number of nitrogens with one attached hydrogen (secondary N) is 1. The predicted octanol–water partition coefficient (Wildman–Crippen LogP) is 4.51. The van der Waals surface area contributed by atoms with Crippen LogP contribution in [0, 0.1) is 5.82 Å². The van der Waals surface area contributed by atoms with E-state index in [9.17, 15) is 14.0 Å². The number of benzene rings is 2. The average molecular weight is 367 g/mol. The van der Waals surface area contributed by atoms with E-state index in [1.54, 1.807) is 29.2 Å². The van der Waals surface area contributed by atoms with Crippen molar-refractivity contribution in [2.24, 2.45) is 0 Å². The molecule has 24 heavy (non-hydrogen) atoms. The molecule has 1 fully saturated rings. The van der Waals surface area contributed by atoms with Gasteiger partial charge in [0.25, 0.3) is 5.91 Å². The first-order chi connectivity index (χ1) is 11.5. The minimum absolute atomic E-state index is 0.0128. The molecule has 124 valence electrons. The van der Waals surface area contributed by atoms with Gasteiger partial charge < -0.3 is 10.2 Å². The molecule has 0 atom stereocenters. The van der Waals surface area contributed by atoms with Gasteiger partial charge in [-0.05, 0) is 36.8 Å². The number of rotatable bonds is 3. The van der Waals surface area contributed by atoms with Crippen LogP contribution in [-0.2, 0) is 4.79 Å². The van der Waals surface area contributed by atoms with Crippen molar-refractivity contribution in [3.63, 3.8) is 0 Å². The zero-order chi connectivity index (χ0) is 17.3. The quantitative estimate of drug-likeness (QED) is 0.812. The van der Waals surface area contributed by atoms with Gasteiger partial charge in [-0.15, -0.1) is 0 Å². The Labute approximate surface area is 148 Å². The van der Waals surface area contributed by atoms with Crippen LogP contribution in [0.3, 0.4) is 0 Å². The van der Waals surface area contributed by atoms with E-state index in [0.29, 0.717) is 24.3 Å². The molecule has 0 bridgehead atoms. The molecule has 2 aromatic rings. The summed E-state index contributed by atoms with van der Waals surface area (Å²) >= 11 is 11.6. The van der Waals surface area contributed by atoms with Gasteiger partial charge >= 0.3 is 0 Å². The highest BCUT2D eigenvalue weighted by Crippen LogP contribution is 2.27. The van der Waals surface area contributed by atoms with Crippen LogP contribution in [0.25, 0.3) is 0 Å². The van der Waals surface area contributed by atoms with Crippen LogP contribution >= 0.6 is 23.2 Å². The van der Waals surface area contributed by atoms with Crippen LogP contribution in [-0.4, -0.2) is 18.4 Å². The Bertz CT molecular complexity index is 826. The Balaban J connectivity index is 1.82. The van der Waals surface area contributed by atoms with Crippen LogP contribution in [0.1, 0.15) is 23.2 Å². The van der Waals surface area contributed by atoms with Gasteiger partial charge in [0, 0.05) is 24.3 Å². The topological polar surface area (TPSA) is 49.4 Å². The van der Waals surface area contributed by atoms with Crippen molar-refractivity contribution in [3.05, 3.63) is 57.8 Å². The number of amides is 2. The summed E-state index contributed by atoms with van der Waals surface area (Å²) in [7, 11) is 0. The minimum atomic E-state index is -0.720. The molecule has 4 nitrogen and oxygen atoms in total. The molecule has 2 amide bonds.